The summed E-state index contributed by atoms with van der Waals surface area (Å²) < 4.78 is 3.46. The first-order valence-corrected chi connectivity index (χ1v) is 6.37. The minimum Gasteiger partial charge on any atom is -0.312 e. The molecule has 1 fully saturated rings. The van der Waals surface area contributed by atoms with Crippen LogP contribution in [0.2, 0.25) is 0 Å². The Labute approximate surface area is 97.4 Å². The lowest BCUT2D eigenvalue weighted by Gasteiger charge is -2.14. The van der Waals surface area contributed by atoms with Crippen LogP contribution in [0.15, 0.2) is 0 Å². The van der Waals surface area contributed by atoms with Crippen LogP contribution < -0.4 is 5.32 Å². The fourth-order valence-electron chi connectivity index (χ4n) is 2.07. The third-order valence-corrected chi connectivity index (χ3v) is 3.95. The molecule has 0 amide bonds. The Balaban J connectivity index is 1.93. The summed E-state index contributed by atoms with van der Waals surface area (Å²) in [5.74, 6) is 0.921. The number of aromatic nitrogens is 2. The second-order valence-corrected chi connectivity index (χ2v) is 5.29. The van der Waals surface area contributed by atoms with Gasteiger partial charge in [0.05, 0.1) is 0 Å². The lowest BCUT2D eigenvalue weighted by atomic mass is 10.1. The van der Waals surface area contributed by atoms with Crippen molar-refractivity contribution in [2.24, 2.45) is 5.92 Å². The summed E-state index contributed by atoms with van der Waals surface area (Å²) in [4.78, 5) is 0. The zero-order valence-corrected chi connectivity index (χ0v) is 10.2. The molecule has 1 saturated carbocycles. The zero-order chi connectivity index (χ0) is 9.54. The molecule has 0 bridgehead atoms. The summed E-state index contributed by atoms with van der Waals surface area (Å²) in [5.41, 5.74) is 2.93. The van der Waals surface area contributed by atoms with Crippen molar-refractivity contribution >= 4 is 22.6 Å². The van der Waals surface area contributed by atoms with E-state index in [2.05, 4.69) is 37.7 Å². The lowest BCUT2D eigenvalue weighted by molar-refractivity contribution is 0.519. The largest absolute Gasteiger partial charge is 0.312 e. The third kappa shape index (κ3) is 1.58. The van der Waals surface area contributed by atoms with Gasteiger partial charge in [-0.15, -0.1) is 0 Å². The number of fused-ring (bicyclic) bond motifs is 1. The smallest absolute Gasteiger partial charge is 0.128 e. The molecule has 0 atom stereocenters. The maximum atomic E-state index is 4.64. The number of rotatable bonds is 2. The van der Waals surface area contributed by atoms with Crippen LogP contribution in [0.3, 0.4) is 0 Å². The Bertz CT molecular complexity index is 354. The molecule has 1 aliphatic carbocycles. The molecular weight excluding hydrogens is 289 g/mol. The summed E-state index contributed by atoms with van der Waals surface area (Å²) in [6.45, 7) is 3.28. The molecule has 14 heavy (non-hydrogen) atoms. The molecule has 0 unspecified atom stereocenters. The second-order valence-electron chi connectivity index (χ2n) is 4.27. The van der Waals surface area contributed by atoms with Crippen molar-refractivity contribution < 1.29 is 0 Å². The van der Waals surface area contributed by atoms with Crippen LogP contribution in [0.4, 0.5) is 0 Å². The summed E-state index contributed by atoms with van der Waals surface area (Å²) in [6.07, 6.45) is 3.96. The van der Waals surface area contributed by atoms with Gasteiger partial charge in [-0.25, -0.2) is 0 Å². The summed E-state index contributed by atoms with van der Waals surface area (Å²) in [6, 6.07) is 0. The molecule has 0 radical (unpaired) electrons. The van der Waals surface area contributed by atoms with Crippen molar-refractivity contribution in [3.63, 3.8) is 0 Å². The van der Waals surface area contributed by atoms with E-state index in [9.17, 15) is 0 Å². The van der Waals surface area contributed by atoms with Gasteiger partial charge in [0.2, 0.25) is 0 Å². The maximum absolute atomic E-state index is 4.64. The molecule has 0 saturated heterocycles. The number of hydrogen-bond acceptors (Lipinski definition) is 2. The van der Waals surface area contributed by atoms with Crippen molar-refractivity contribution in [1.82, 2.24) is 15.1 Å². The quantitative estimate of drug-likeness (QED) is 0.840. The van der Waals surface area contributed by atoms with Crippen LogP contribution in [0.25, 0.3) is 0 Å². The first-order valence-electron chi connectivity index (χ1n) is 5.29. The van der Waals surface area contributed by atoms with Crippen LogP contribution in [0.5, 0.6) is 0 Å². The number of halogens is 1. The number of nitrogens with one attached hydrogen (secondary N) is 1. The van der Waals surface area contributed by atoms with E-state index in [0.29, 0.717) is 0 Å². The van der Waals surface area contributed by atoms with Gasteiger partial charge >= 0.3 is 0 Å². The number of nitrogens with zero attached hydrogens (tertiary/aromatic N) is 2. The standard InChI is InChI=1S/C10H14IN3/c11-10-8-5-12-4-3-9(8)14(13-10)6-7-1-2-7/h7,12H,1-6H2. The van der Waals surface area contributed by atoms with Crippen LogP contribution >= 0.6 is 22.6 Å². The van der Waals surface area contributed by atoms with Crippen molar-refractivity contribution in [2.45, 2.75) is 32.4 Å². The normalized spacial score (nSPS) is 20.9. The van der Waals surface area contributed by atoms with Gasteiger partial charge in [0, 0.05) is 37.3 Å². The molecule has 1 aromatic heterocycles. The van der Waals surface area contributed by atoms with Crippen molar-refractivity contribution in [1.29, 1.82) is 0 Å². The molecule has 2 aliphatic rings. The van der Waals surface area contributed by atoms with Gasteiger partial charge in [-0.2, -0.15) is 5.10 Å². The van der Waals surface area contributed by atoms with E-state index in [0.717, 1.165) is 32.0 Å². The van der Waals surface area contributed by atoms with E-state index in [1.807, 2.05) is 0 Å². The van der Waals surface area contributed by atoms with E-state index in [1.54, 1.807) is 0 Å². The Morgan fingerprint density at radius 2 is 2.36 bits per heavy atom. The highest BCUT2D eigenvalue weighted by Gasteiger charge is 2.26. The third-order valence-electron chi connectivity index (χ3n) is 3.09. The van der Waals surface area contributed by atoms with Gasteiger partial charge in [0.15, 0.2) is 0 Å². The van der Waals surface area contributed by atoms with Gasteiger partial charge in [-0.05, 0) is 41.4 Å². The van der Waals surface area contributed by atoms with E-state index < -0.39 is 0 Å². The lowest BCUT2D eigenvalue weighted by Crippen LogP contribution is -2.25. The molecule has 3 rings (SSSR count). The molecule has 4 heteroatoms. The SMILES string of the molecule is Ic1nn(CC2CC2)c2c1CNCC2. The molecule has 0 aromatic carbocycles. The van der Waals surface area contributed by atoms with Crippen LogP contribution in [0.1, 0.15) is 24.1 Å². The predicted octanol–water partition coefficient (Wildman–Crippen LogP) is 1.54. The molecule has 1 aliphatic heterocycles. The Kier molecular flexibility index (Phi) is 2.28. The highest BCUT2D eigenvalue weighted by molar-refractivity contribution is 14.1. The topological polar surface area (TPSA) is 29.9 Å². The van der Waals surface area contributed by atoms with E-state index in [-0.39, 0.29) is 0 Å². The second kappa shape index (κ2) is 3.48. The van der Waals surface area contributed by atoms with Gasteiger partial charge in [0.25, 0.3) is 0 Å². The zero-order valence-electron chi connectivity index (χ0n) is 8.09. The Morgan fingerprint density at radius 3 is 3.14 bits per heavy atom. The first-order chi connectivity index (χ1) is 6.84. The predicted molar refractivity (Wildman–Crippen MR) is 63.1 cm³/mol. The molecule has 3 nitrogen and oxygen atoms in total. The minimum atomic E-state index is 0.921. The summed E-state index contributed by atoms with van der Waals surface area (Å²) in [7, 11) is 0. The van der Waals surface area contributed by atoms with E-state index >= 15 is 0 Å². The highest BCUT2D eigenvalue weighted by Crippen LogP contribution is 2.32. The fraction of sp³-hybridized carbons (Fsp3) is 0.700. The number of hydrogen-bond donors (Lipinski definition) is 1. The molecule has 0 spiro atoms. The molecular formula is C10H14IN3. The van der Waals surface area contributed by atoms with Gasteiger partial charge in [-0.3, -0.25) is 4.68 Å². The molecule has 1 aromatic rings. The van der Waals surface area contributed by atoms with Crippen molar-refractivity contribution in [3.05, 3.63) is 15.0 Å². The Morgan fingerprint density at radius 1 is 1.50 bits per heavy atom. The average Bonchev–Trinajstić information content (AvgIpc) is 2.95. The molecule has 76 valence electrons. The monoisotopic (exact) mass is 303 g/mol. The van der Waals surface area contributed by atoms with Gasteiger partial charge < -0.3 is 5.32 Å². The molecule has 1 N–H and O–H groups in total. The Hall–Kier alpha value is -0.100. The van der Waals surface area contributed by atoms with E-state index in [4.69, 9.17) is 0 Å². The fourth-order valence-corrected chi connectivity index (χ4v) is 2.84. The minimum absolute atomic E-state index is 0.921. The van der Waals surface area contributed by atoms with Crippen molar-refractivity contribution in [2.75, 3.05) is 6.54 Å². The van der Waals surface area contributed by atoms with Gasteiger partial charge in [0.1, 0.15) is 3.70 Å². The van der Waals surface area contributed by atoms with E-state index in [1.165, 1.54) is 27.8 Å². The van der Waals surface area contributed by atoms with Crippen LogP contribution in [0, 0.1) is 9.62 Å². The molecule has 2 heterocycles. The highest BCUT2D eigenvalue weighted by atomic mass is 127. The van der Waals surface area contributed by atoms with Crippen LogP contribution in [-0.2, 0) is 19.5 Å². The van der Waals surface area contributed by atoms with Crippen LogP contribution in [-0.4, -0.2) is 16.3 Å². The average molecular weight is 303 g/mol. The maximum Gasteiger partial charge on any atom is 0.128 e. The van der Waals surface area contributed by atoms with Gasteiger partial charge in [-0.1, -0.05) is 0 Å². The summed E-state index contributed by atoms with van der Waals surface area (Å²) in [5, 5.41) is 8.04. The van der Waals surface area contributed by atoms with Crippen molar-refractivity contribution in [3.8, 4) is 0 Å². The first kappa shape index (κ1) is 9.15. The summed E-state index contributed by atoms with van der Waals surface area (Å²) >= 11 is 2.36.